The van der Waals surface area contributed by atoms with Crippen LogP contribution < -0.4 is 11.0 Å². The van der Waals surface area contributed by atoms with E-state index < -0.39 is 8.67 Å². The number of rotatable bonds is 1. The molecule has 0 atom stereocenters. The van der Waals surface area contributed by atoms with Crippen LogP contribution in [0.5, 0.6) is 0 Å². The van der Waals surface area contributed by atoms with E-state index in [9.17, 15) is 0 Å². The Kier molecular flexibility index (Phi) is 4.15. The van der Waals surface area contributed by atoms with E-state index >= 15 is 0 Å². The molecule has 0 unspecified atom stereocenters. The highest BCUT2D eigenvalue weighted by atomic mass is 35.6. The fraction of sp³-hybridized carbons (Fsp3) is 1.00. The van der Waals surface area contributed by atoms with Crippen molar-refractivity contribution in [2.75, 3.05) is 0 Å². The monoisotopic (exact) mass is 244 g/mol. The van der Waals surface area contributed by atoms with Crippen molar-refractivity contribution >= 4 is 63.5 Å². The maximum atomic E-state index is 5.31. The molecule has 0 radical (unpaired) electrons. The third-order valence-corrected chi connectivity index (χ3v) is 4.75. The first-order chi connectivity index (χ1) is 3.71. The van der Waals surface area contributed by atoms with Gasteiger partial charge in [0.25, 0.3) is 0 Å². The molecule has 0 aliphatic carbocycles. The summed E-state index contributed by atoms with van der Waals surface area (Å²) in [5.74, 6) is 0. The van der Waals surface area contributed by atoms with Crippen LogP contribution in [-0.4, -0.2) is 3.12 Å². The van der Waals surface area contributed by atoms with E-state index in [1.165, 1.54) is 0 Å². The first-order valence-corrected chi connectivity index (χ1v) is 7.15. The van der Waals surface area contributed by atoms with Crippen LogP contribution in [0.15, 0.2) is 0 Å². The Labute approximate surface area is 77.4 Å². The summed E-state index contributed by atoms with van der Waals surface area (Å²) in [5, 5.41) is 0. The minimum atomic E-state index is -2.43. The third kappa shape index (κ3) is 9.79. The molecule has 9 heavy (non-hydrogen) atoms. The minimum absolute atomic E-state index is 0.792. The van der Waals surface area contributed by atoms with Gasteiger partial charge >= 0.3 is 0 Å². The maximum absolute atomic E-state index is 5.31. The summed E-state index contributed by atoms with van der Waals surface area (Å²) in [7, 11) is 0. The van der Waals surface area contributed by atoms with Crippen molar-refractivity contribution in [2.45, 2.75) is 3.12 Å². The van der Waals surface area contributed by atoms with E-state index in [1.54, 1.807) is 0 Å². The zero-order valence-corrected chi connectivity index (χ0v) is 8.85. The Morgan fingerprint density at radius 1 is 1.33 bits per heavy atom. The molecule has 0 saturated heterocycles. The zero-order valence-electron chi connectivity index (χ0n) is 4.05. The van der Waals surface area contributed by atoms with Gasteiger partial charge in [-0.3, -0.25) is 11.0 Å². The molecule has 0 aromatic rings. The average molecular weight is 246 g/mol. The Morgan fingerprint density at radius 3 is 1.67 bits per heavy atom. The molecule has 0 heterocycles. The summed E-state index contributed by atoms with van der Waals surface area (Å²) in [5.41, 5.74) is 8.04. The van der Waals surface area contributed by atoms with Crippen molar-refractivity contribution in [1.29, 1.82) is 0 Å². The molecule has 0 amide bonds. The summed E-state index contributed by atoms with van der Waals surface area (Å²) < 4.78 is -1.49. The van der Waals surface area contributed by atoms with Crippen LogP contribution in [0.1, 0.15) is 0 Å². The van der Waals surface area contributed by atoms with Crippen LogP contribution in [0, 0.1) is 0 Å². The molecule has 2 nitrogen and oxygen atoms in total. The lowest BCUT2D eigenvalue weighted by atomic mass is 11.8. The van der Waals surface area contributed by atoms with E-state index in [1.807, 2.05) is 0 Å². The highest BCUT2D eigenvalue weighted by Crippen LogP contribution is 2.57. The van der Waals surface area contributed by atoms with Crippen LogP contribution in [0.3, 0.4) is 0 Å². The van der Waals surface area contributed by atoms with Gasteiger partial charge in [-0.15, -0.1) is 0 Å². The molecule has 0 rings (SSSR count). The Morgan fingerprint density at radius 2 is 1.67 bits per heavy atom. The molecule has 8 heteroatoms. The summed E-state index contributed by atoms with van der Waals surface area (Å²) in [6, 6.07) is 0. The van der Waals surface area contributed by atoms with E-state index in [0.29, 0.717) is 0 Å². The topological polar surface area (TPSA) is 52.0 Å². The van der Waals surface area contributed by atoms with Crippen LogP contribution in [0.4, 0.5) is 0 Å². The van der Waals surface area contributed by atoms with Gasteiger partial charge in [-0.25, -0.2) is 0 Å². The maximum Gasteiger partial charge on any atom is 0.244 e. The van der Waals surface area contributed by atoms with Gasteiger partial charge in [0.1, 0.15) is 5.54 Å². The summed E-state index contributed by atoms with van der Waals surface area (Å²) >= 11 is 21.3. The molecule has 0 spiro atoms. The van der Waals surface area contributed by atoms with E-state index in [2.05, 4.69) is 11.8 Å². The Bertz CT molecular complexity index is 137. The van der Waals surface area contributed by atoms with Gasteiger partial charge in [-0.2, -0.15) is 0 Å². The molecule has 0 aliphatic rings. The molecule has 0 saturated carbocycles. The third-order valence-electron chi connectivity index (χ3n) is 0.246. The van der Waals surface area contributed by atoms with Crippen molar-refractivity contribution in [3.05, 3.63) is 0 Å². The number of nitrogens with two attached hydrogens (primary N) is 2. The lowest BCUT2D eigenvalue weighted by molar-refractivity contribution is 1.78. The number of alkyl halides is 3. The fourth-order valence-electron chi connectivity index (χ4n) is 0.162. The predicted molar refractivity (Wildman–Crippen MR) is 50.5 cm³/mol. The van der Waals surface area contributed by atoms with Crippen LogP contribution in [0.2, 0.25) is 0 Å². The van der Waals surface area contributed by atoms with Gasteiger partial charge in [0.15, 0.2) is 0 Å². The second-order valence-electron chi connectivity index (χ2n) is 1.18. The summed E-state index contributed by atoms with van der Waals surface area (Å²) in [6.45, 7) is 0. The van der Waals surface area contributed by atoms with Crippen LogP contribution in [0.25, 0.3) is 0 Å². The SMILES string of the molecule is NP(N)(=S)SC(Cl)(Cl)Cl. The highest BCUT2D eigenvalue weighted by Gasteiger charge is 2.26. The summed E-state index contributed by atoms with van der Waals surface area (Å²) in [6.07, 6.45) is 0. The molecular weight excluding hydrogens is 241 g/mol. The molecule has 0 aliphatic heterocycles. The van der Waals surface area contributed by atoms with Gasteiger partial charge in [-0.05, 0) is 11.4 Å². The van der Waals surface area contributed by atoms with Gasteiger partial charge in [0.05, 0.1) is 0 Å². The lowest BCUT2D eigenvalue weighted by Crippen LogP contribution is -2.05. The predicted octanol–water partition coefficient (Wildman–Crippen LogP) is 2.19. The number of hydrogen-bond donors (Lipinski definition) is 2. The Hall–Kier alpha value is 1.79. The standard InChI is InChI=1S/CH4Cl3N2PS2/c2-1(3,4)9-7(5,6)8/h(H4,5,6,8). The highest BCUT2D eigenvalue weighted by molar-refractivity contribution is 8.71. The summed E-state index contributed by atoms with van der Waals surface area (Å²) in [4.78, 5) is 0. The quantitative estimate of drug-likeness (QED) is 0.549. The molecule has 0 aromatic heterocycles. The molecular formula is CH4Cl3N2PS2. The number of hydrogen-bond acceptors (Lipinski definition) is 2. The van der Waals surface area contributed by atoms with E-state index in [4.69, 9.17) is 45.8 Å². The minimum Gasteiger partial charge on any atom is -0.283 e. The second kappa shape index (κ2) is 3.46. The molecule has 0 bridgehead atoms. The Balaban J connectivity index is 3.90. The van der Waals surface area contributed by atoms with E-state index in [-0.39, 0.29) is 0 Å². The fourth-order valence-corrected chi connectivity index (χ4v) is 6.65. The van der Waals surface area contributed by atoms with Crippen LogP contribution >= 0.6 is 51.7 Å². The van der Waals surface area contributed by atoms with Crippen molar-refractivity contribution in [3.8, 4) is 0 Å². The normalized spacial score (nSPS) is 13.9. The molecule has 0 fully saturated rings. The van der Waals surface area contributed by atoms with Gasteiger partial charge < -0.3 is 0 Å². The smallest absolute Gasteiger partial charge is 0.244 e. The van der Waals surface area contributed by atoms with Gasteiger partial charge in [0, 0.05) is 0 Å². The number of halogens is 3. The van der Waals surface area contributed by atoms with E-state index in [0.717, 1.165) is 11.4 Å². The van der Waals surface area contributed by atoms with Crippen molar-refractivity contribution in [3.63, 3.8) is 0 Å². The van der Waals surface area contributed by atoms with Gasteiger partial charge in [-0.1, -0.05) is 46.6 Å². The van der Waals surface area contributed by atoms with Gasteiger partial charge in [0.2, 0.25) is 3.12 Å². The molecule has 0 aromatic carbocycles. The first kappa shape index (κ1) is 10.8. The van der Waals surface area contributed by atoms with Crippen molar-refractivity contribution < 1.29 is 0 Å². The molecule has 4 N–H and O–H groups in total. The average Bonchev–Trinajstić information content (AvgIpc) is 1.14. The second-order valence-corrected chi connectivity index (χ2v) is 11.1. The lowest BCUT2D eigenvalue weighted by Gasteiger charge is -2.14. The zero-order chi connectivity index (χ0) is 7.71. The van der Waals surface area contributed by atoms with Crippen molar-refractivity contribution in [1.82, 2.24) is 0 Å². The van der Waals surface area contributed by atoms with Crippen molar-refractivity contribution in [2.24, 2.45) is 11.0 Å². The molecule has 56 valence electrons. The largest absolute Gasteiger partial charge is 0.283 e. The first-order valence-electron chi connectivity index (χ1n) is 1.65. The van der Waals surface area contributed by atoms with Crippen LogP contribution in [-0.2, 0) is 11.8 Å².